The van der Waals surface area contributed by atoms with Crippen LogP contribution in [0.5, 0.6) is 0 Å². The SMILES string of the molecule is CC1CCN(CCCNC2CC2)C1CO. The zero-order chi connectivity index (χ0) is 10.7. The van der Waals surface area contributed by atoms with Crippen LogP contribution in [0.15, 0.2) is 0 Å². The number of rotatable bonds is 6. The summed E-state index contributed by atoms with van der Waals surface area (Å²) in [5, 5.41) is 12.8. The number of nitrogens with one attached hydrogen (secondary N) is 1. The highest BCUT2D eigenvalue weighted by molar-refractivity contribution is 4.85. The van der Waals surface area contributed by atoms with Gasteiger partial charge in [-0.3, -0.25) is 4.90 Å². The lowest BCUT2D eigenvalue weighted by atomic mass is 10.0. The highest BCUT2D eigenvalue weighted by Gasteiger charge is 2.29. The van der Waals surface area contributed by atoms with Gasteiger partial charge >= 0.3 is 0 Å². The minimum Gasteiger partial charge on any atom is -0.395 e. The summed E-state index contributed by atoms with van der Waals surface area (Å²) in [5.41, 5.74) is 0. The lowest BCUT2D eigenvalue weighted by Gasteiger charge is -2.24. The van der Waals surface area contributed by atoms with Crippen molar-refractivity contribution in [3.63, 3.8) is 0 Å². The summed E-state index contributed by atoms with van der Waals surface area (Å²) >= 11 is 0. The molecule has 1 aliphatic heterocycles. The van der Waals surface area contributed by atoms with Gasteiger partial charge in [0, 0.05) is 12.1 Å². The molecule has 3 heteroatoms. The van der Waals surface area contributed by atoms with Gasteiger partial charge in [0.1, 0.15) is 0 Å². The van der Waals surface area contributed by atoms with E-state index < -0.39 is 0 Å². The minimum absolute atomic E-state index is 0.331. The Hall–Kier alpha value is -0.120. The molecule has 1 aliphatic carbocycles. The van der Waals surface area contributed by atoms with Crippen molar-refractivity contribution in [2.24, 2.45) is 5.92 Å². The molecule has 2 rings (SSSR count). The van der Waals surface area contributed by atoms with Crippen LogP contribution < -0.4 is 5.32 Å². The standard InChI is InChI=1S/C12H24N2O/c1-10-5-8-14(12(10)9-15)7-2-6-13-11-3-4-11/h10-13,15H,2-9H2,1H3. The molecule has 1 heterocycles. The highest BCUT2D eigenvalue weighted by atomic mass is 16.3. The van der Waals surface area contributed by atoms with Crippen molar-refractivity contribution in [2.45, 2.75) is 44.7 Å². The predicted molar refractivity (Wildman–Crippen MR) is 61.9 cm³/mol. The van der Waals surface area contributed by atoms with Crippen molar-refractivity contribution in [3.8, 4) is 0 Å². The molecule has 0 aromatic carbocycles. The first-order chi connectivity index (χ1) is 7.31. The molecule has 3 nitrogen and oxygen atoms in total. The van der Waals surface area contributed by atoms with E-state index in [1.165, 1.54) is 32.2 Å². The van der Waals surface area contributed by atoms with E-state index in [2.05, 4.69) is 17.1 Å². The number of likely N-dealkylation sites (tertiary alicyclic amines) is 1. The normalized spacial score (nSPS) is 32.4. The molecular weight excluding hydrogens is 188 g/mol. The summed E-state index contributed by atoms with van der Waals surface area (Å²) in [6.45, 7) is 6.05. The largest absolute Gasteiger partial charge is 0.395 e. The molecule has 0 radical (unpaired) electrons. The van der Waals surface area contributed by atoms with Gasteiger partial charge < -0.3 is 10.4 Å². The van der Waals surface area contributed by atoms with Crippen LogP contribution in [0.1, 0.15) is 32.6 Å². The van der Waals surface area contributed by atoms with Crippen molar-refractivity contribution in [1.82, 2.24) is 10.2 Å². The van der Waals surface area contributed by atoms with Crippen molar-refractivity contribution >= 4 is 0 Å². The van der Waals surface area contributed by atoms with E-state index >= 15 is 0 Å². The monoisotopic (exact) mass is 212 g/mol. The third-order valence-electron chi connectivity index (χ3n) is 3.82. The molecule has 0 amide bonds. The Labute approximate surface area is 92.8 Å². The fourth-order valence-electron chi connectivity index (χ4n) is 2.54. The number of hydrogen-bond acceptors (Lipinski definition) is 3. The van der Waals surface area contributed by atoms with Gasteiger partial charge in [0.05, 0.1) is 6.61 Å². The van der Waals surface area contributed by atoms with E-state index in [-0.39, 0.29) is 0 Å². The Morgan fingerprint density at radius 1 is 1.33 bits per heavy atom. The summed E-state index contributed by atoms with van der Waals surface area (Å²) in [6, 6.07) is 1.25. The van der Waals surface area contributed by atoms with Crippen LogP contribution in [-0.4, -0.2) is 48.3 Å². The molecule has 0 aromatic rings. The van der Waals surface area contributed by atoms with E-state index in [0.29, 0.717) is 18.6 Å². The molecule has 2 N–H and O–H groups in total. The zero-order valence-electron chi connectivity index (χ0n) is 9.78. The van der Waals surface area contributed by atoms with E-state index in [4.69, 9.17) is 0 Å². The number of nitrogens with zero attached hydrogens (tertiary/aromatic N) is 1. The van der Waals surface area contributed by atoms with Gasteiger partial charge in [-0.25, -0.2) is 0 Å². The first-order valence-corrected chi connectivity index (χ1v) is 6.39. The Balaban J connectivity index is 1.60. The molecular formula is C12H24N2O. The number of aliphatic hydroxyl groups excluding tert-OH is 1. The van der Waals surface area contributed by atoms with Gasteiger partial charge in [-0.1, -0.05) is 6.92 Å². The smallest absolute Gasteiger partial charge is 0.0589 e. The van der Waals surface area contributed by atoms with Crippen molar-refractivity contribution in [3.05, 3.63) is 0 Å². The van der Waals surface area contributed by atoms with Gasteiger partial charge in [0.15, 0.2) is 0 Å². The Morgan fingerprint density at radius 2 is 2.13 bits per heavy atom. The van der Waals surface area contributed by atoms with Crippen LogP contribution in [0.3, 0.4) is 0 Å². The molecule has 2 unspecified atom stereocenters. The van der Waals surface area contributed by atoms with Crippen LogP contribution in [-0.2, 0) is 0 Å². The average molecular weight is 212 g/mol. The summed E-state index contributed by atoms with van der Waals surface area (Å²) in [6.07, 6.45) is 5.22. The summed E-state index contributed by atoms with van der Waals surface area (Å²) in [4.78, 5) is 2.46. The van der Waals surface area contributed by atoms with E-state index in [9.17, 15) is 5.11 Å². The summed E-state index contributed by atoms with van der Waals surface area (Å²) < 4.78 is 0. The Kier molecular flexibility index (Phi) is 4.00. The van der Waals surface area contributed by atoms with E-state index in [1.807, 2.05) is 0 Å². The van der Waals surface area contributed by atoms with Crippen molar-refractivity contribution in [1.29, 1.82) is 0 Å². The molecule has 2 atom stereocenters. The van der Waals surface area contributed by atoms with Crippen LogP contribution in [0, 0.1) is 5.92 Å². The molecule has 2 fully saturated rings. The van der Waals surface area contributed by atoms with Crippen molar-refractivity contribution in [2.75, 3.05) is 26.2 Å². The summed E-state index contributed by atoms with van der Waals surface area (Å²) in [5.74, 6) is 0.673. The maximum atomic E-state index is 9.30. The van der Waals surface area contributed by atoms with Gasteiger partial charge in [-0.15, -0.1) is 0 Å². The van der Waals surface area contributed by atoms with Gasteiger partial charge in [-0.2, -0.15) is 0 Å². The predicted octanol–water partition coefficient (Wildman–Crippen LogP) is 0.831. The minimum atomic E-state index is 0.331. The third kappa shape index (κ3) is 3.16. The van der Waals surface area contributed by atoms with E-state index in [0.717, 1.165) is 19.1 Å². The van der Waals surface area contributed by atoms with Gasteiger partial charge in [-0.05, 0) is 51.2 Å². The lowest BCUT2D eigenvalue weighted by Crippen LogP contribution is -2.36. The molecule has 15 heavy (non-hydrogen) atoms. The second-order valence-corrected chi connectivity index (χ2v) is 5.13. The van der Waals surface area contributed by atoms with Crippen LogP contribution in [0.4, 0.5) is 0 Å². The average Bonchev–Trinajstić information content (AvgIpc) is 2.98. The first kappa shape index (κ1) is 11.4. The molecule has 88 valence electrons. The zero-order valence-corrected chi connectivity index (χ0v) is 9.78. The molecule has 1 saturated heterocycles. The second-order valence-electron chi connectivity index (χ2n) is 5.13. The number of hydrogen-bond donors (Lipinski definition) is 2. The van der Waals surface area contributed by atoms with Crippen molar-refractivity contribution < 1.29 is 5.11 Å². The molecule has 0 spiro atoms. The molecule has 0 aromatic heterocycles. The summed E-state index contributed by atoms with van der Waals surface area (Å²) in [7, 11) is 0. The first-order valence-electron chi connectivity index (χ1n) is 6.39. The Bertz CT molecular complexity index is 194. The second kappa shape index (κ2) is 5.28. The van der Waals surface area contributed by atoms with Gasteiger partial charge in [0.2, 0.25) is 0 Å². The van der Waals surface area contributed by atoms with Gasteiger partial charge in [0.25, 0.3) is 0 Å². The fourth-order valence-corrected chi connectivity index (χ4v) is 2.54. The van der Waals surface area contributed by atoms with Crippen LogP contribution in [0.25, 0.3) is 0 Å². The quantitative estimate of drug-likeness (QED) is 0.640. The van der Waals surface area contributed by atoms with E-state index in [1.54, 1.807) is 0 Å². The van der Waals surface area contributed by atoms with Crippen LogP contribution >= 0.6 is 0 Å². The third-order valence-corrected chi connectivity index (χ3v) is 3.82. The molecule has 1 saturated carbocycles. The number of aliphatic hydroxyl groups is 1. The maximum absolute atomic E-state index is 9.30. The Morgan fingerprint density at radius 3 is 2.80 bits per heavy atom. The molecule has 0 bridgehead atoms. The maximum Gasteiger partial charge on any atom is 0.0589 e. The fraction of sp³-hybridized carbons (Fsp3) is 1.00. The topological polar surface area (TPSA) is 35.5 Å². The molecule has 2 aliphatic rings. The highest BCUT2D eigenvalue weighted by Crippen LogP contribution is 2.23. The van der Waals surface area contributed by atoms with Crippen LogP contribution in [0.2, 0.25) is 0 Å². The lowest BCUT2D eigenvalue weighted by molar-refractivity contribution is 0.138.